The molecule has 0 radical (unpaired) electrons. The number of aliphatic carboxylic acids is 1. The minimum Gasteiger partial charge on any atom is -0.493 e. The van der Waals surface area contributed by atoms with E-state index in [4.69, 9.17) is 26.2 Å². The number of pyridine rings is 1. The van der Waals surface area contributed by atoms with E-state index in [9.17, 15) is 4.79 Å². The Morgan fingerprint density at radius 1 is 1.06 bits per heavy atom. The van der Waals surface area contributed by atoms with Crippen molar-refractivity contribution in [3.63, 3.8) is 0 Å². The number of halogens is 1. The van der Waals surface area contributed by atoms with Crippen LogP contribution in [-0.4, -0.2) is 44.3 Å². The van der Waals surface area contributed by atoms with Gasteiger partial charge in [0.25, 0.3) is 0 Å². The van der Waals surface area contributed by atoms with E-state index in [1.165, 1.54) is 11.0 Å². The third-order valence-electron chi connectivity index (χ3n) is 4.75. The van der Waals surface area contributed by atoms with Crippen molar-refractivity contribution in [2.75, 3.05) is 13.2 Å². The second-order valence-electron chi connectivity index (χ2n) is 7.17. The topological polar surface area (TPSA) is 99.4 Å². The van der Waals surface area contributed by atoms with Crippen LogP contribution in [0, 0.1) is 6.92 Å². The molecular formula is C23H21ClN4O4. The Hall–Kier alpha value is -3.65. The molecule has 2 aromatic carbocycles. The van der Waals surface area contributed by atoms with Crippen LogP contribution in [0.2, 0.25) is 5.02 Å². The molecule has 8 nitrogen and oxygen atoms in total. The summed E-state index contributed by atoms with van der Waals surface area (Å²) in [6.07, 6.45) is 2.13. The Kier molecular flexibility index (Phi) is 6.51. The average Bonchev–Trinajstić information content (AvgIpc) is 3.20. The summed E-state index contributed by atoms with van der Waals surface area (Å²) in [7, 11) is 0. The zero-order chi connectivity index (χ0) is 22.5. The molecule has 0 saturated heterocycles. The predicted octanol–water partition coefficient (Wildman–Crippen LogP) is 4.25. The summed E-state index contributed by atoms with van der Waals surface area (Å²) in [5.74, 6) is 0.213. The fourth-order valence-electron chi connectivity index (χ4n) is 3.18. The van der Waals surface area contributed by atoms with Gasteiger partial charge in [-0.25, -0.2) is 4.98 Å². The van der Waals surface area contributed by atoms with Crippen molar-refractivity contribution in [3.05, 3.63) is 70.9 Å². The van der Waals surface area contributed by atoms with Crippen molar-refractivity contribution in [2.45, 2.75) is 19.8 Å². The highest BCUT2D eigenvalue weighted by Crippen LogP contribution is 2.24. The molecule has 4 aromatic rings. The molecule has 0 aliphatic rings. The SMILES string of the molecule is Cc1cc(OCCCOc2ncc(Cl)cc2-n2nc3ccccc3n2)ccc1CC(=O)O. The molecule has 32 heavy (non-hydrogen) atoms. The van der Waals surface area contributed by atoms with Crippen molar-refractivity contribution in [3.8, 4) is 17.3 Å². The molecular weight excluding hydrogens is 432 g/mol. The lowest BCUT2D eigenvalue weighted by Gasteiger charge is -2.11. The highest BCUT2D eigenvalue weighted by molar-refractivity contribution is 6.30. The molecule has 4 rings (SSSR count). The summed E-state index contributed by atoms with van der Waals surface area (Å²) < 4.78 is 11.6. The van der Waals surface area contributed by atoms with Crippen molar-refractivity contribution in [1.29, 1.82) is 0 Å². The maximum atomic E-state index is 10.9. The first-order valence-electron chi connectivity index (χ1n) is 10.0. The van der Waals surface area contributed by atoms with Crippen LogP contribution in [-0.2, 0) is 11.2 Å². The number of aromatic nitrogens is 4. The predicted molar refractivity (Wildman–Crippen MR) is 120 cm³/mol. The van der Waals surface area contributed by atoms with Gasteiger partial charge in [0, 0.05) is 12.6 Å². The number of aryl methyl sites for hydroxylation is 1. The minimum absolute atomic E-state index is 0.00293. The van der Waals surface area contributed by atoms with Crippen molar-refractivity contribution in [1.82, 2.24) is 20.0 Å². The average molecular weight is 453 g/mol. The van der Waals surface area contributed by atoms with E-state index in [2.05, 4.69) is 15.2 Å². The minimum atomic E-state index is -0.854. The van der Waals surface area contributed by atoms with Crippen LogP contribution in [0.3, 0.4) is 0 Å². The number of carboxylic acid groups (broad SMARTS) is 1. The van der Waals surface area contributed by atoms with Gasteiger partial charge in [-0.15, -0.1) is 15.0 Å². The number of ether oxygens (including phenoxy) is 2. The number of hydrogen-bond acceptors (Lipinski definition) is 6. The summed E-state index contributed by atoms with van der Waals surface area (Å²) >= 11 is 6.13. The van der Waals surface area contributed by atoms with Gasteiger partial charge in [-0.05, 0) is 48.4 Å². The van der Waals surface area contributed by atoms with Gasteiger partial charge in [-0.1, -0.05) is 29.8 Å². The molecule has 0 fully saturated rings. The second kappa shape index (κ2) is 9.65. The van der Waals surface area contributed by atoms with Gasteiger partial charge in [0.2, 0.25) is 5.88 Å². The summed E-state index contributed by atoms with van der Waals surface area (Å²) in [5.41, 5.74) is 3.73. The van der Waals surface area contributed by atoms with Crippen LogP contribution in [0.4, 0.5) is 0 Å². The lowest BCUT2D eigenvalue weighted by Crippen LogP contribution is -2.09. The number of fused-ring (bicyclic) bond motifs is 1. The number of carbonyl (C=O) groups is 1. The molecule has 164 valence electrons. The van der Waals surface area contributed by atoms with Gasteiger partial charge in [-0.3, -0.25) is 4.79 Å². The Bertz CT molecular complexity index is 1220. The van der Waals surface area contributed by atoms with Crippen molar-refractivity contribution in [2.24, 2.45) is 0 Å². The first-order chi connectivity index (χ1) is 15.5. The van der Waals surface area contributed by atoms with E-state index in [1.54, 1.807) is 18.2 Å². The van der Waals surface area contributed by atoms with Gasteiger partial charge in [0.1, 0.15) is 22.5 Å². The Balaban J connectivity index is 1.36. The van der Waals surface area contributed by atoms with E-state index < -0.39 is 5.97 Å². The third kappa shape index (κ3) is 5.15. The summed E-state index contributed by atoms with van der Waals surface area (Å²) in [4.78, 5) is 16.6. The summed E-state index contributed by atoms with van der Waals surface area (Å²) in [6.45, 7) is 2.68. The van der Waals surface area contributed by atoms with Gasteiger partial charge in [0.15, 0.2) is 0 Å². The van der Waals surface area contributed by atoms with Crippen LogP contribution < -0.4 is 9.47 Å². The quantitative estimate of drug-likeness (QED) is 0.379. The molecule has 0 atom stereocenters. The zero-order valence-corrected chi connectivity index (χ0v) is 18.1. The first-order valence-corrected chi connectivity index (χ1v) is 10.4. The molecule has 9 heteroatoms. The number of hydrogen-bond donors (Lipinski definition) is 1. The first kappa shape index (κ1) is 21.6. The lowest BCUT2D eigenvalue weighted by atomic mass is 10.1. The fourth-order valence-corrected chi connectivity index (χ4v) is 3.33. The maximum absolute atomic E-state index is 10.9. The molecule has 0 saturated carbocycles. The number of nitrogens with zero attached hydrogens (tertiary/aromatic N) is 4. The maximum Gasteiger partial charge on any atom is 0.307 e. The van der Waals surface area contributed by atoms with Gasteiger partial charge >= 0.3 is 5.97 Å². The fraction of sp³-hybridized carbons (Fsp3) is 0.217. The summed E-state index contributed by atoms with van der Waals surface area (Å²) in [6, 6.07) is 14.7. The molecule has 0 aliphatic carbocycles. The Labute approximate surface area is 189 Å². The Morgan fingerprint density at radius 2 is 1.78 bits per heavy atom. The second-order valence-corrected chi connectivity index (χ2v) is 7.60. The molecule has 2 heterocycles. The van der Waals surface area contributed by atoms with E-state index in [0.717, 1.165) is 22.2 Å². The largest absolute Gasteiger partial charge is 0.493 e. The van der Waals surface area contributed by atoms with E-state index in [-0.39, 0.29) is 6.42 Å². The van der Waals surface area contributed by atoms with Gasteiger partial charge in [-0.2, -0.15) is 0 Å². The van der Waals surface area contributed by atoms with Crippen molar-refractivity contribution < 1.29 is 19.4 Å². The number of carboxylic acids is 1. The van der Waals surface area contributed by atoms with E-state index >= 15 is 0 Å². The molecule has 1 N–H and O–H groups in total. The number of benzene rings is 2. The third-order valence-corrected chi connectivity index (χ3v) is 4.96. The molecule has 0 amide bonds. The van der Waals surface area contributed by atoms with Gasteiger partial charge < -0.3 is 14.6 Å². The van der Waals surface area contributed by atoms with E-state index in [0.29, 0.717) is 42.0 Å². The molecule has 0 unspecified atom stereocenters. The Morgan fingerprint density at radius 3 is 2.47 bits per heavy atom. The van der Waals surface area contributed by atoms with Crippen LogP contribution in [0.15, 0.2) is 54.7 Å². The molecule has 2 aromatic heterocycles. The standard InChI is InChI=1S/C23H21ClN4O4/c1-15-11-18(8-7-16(15)12-22(29)30)31-9-4-10-32-23-21(13-17(24)14-25-23)28-26-19-5-2-3-6-20(19)27-28/h2-3,5-8,11,13-14H,4,9-10,12H2,1H3,(H,29,30). The highest BCUT2D eigenvalue weighted by atomic mass is 35.5. The molecule has 0 aliphatic heterocycles. The smallest absolute Gasteiger partial charge is 0.307 e. The lowest BCUT2D eigenvalue weighted by molar-refractivity contribution is -0.136. The zero-order valence-electron chi connectivity index (χ0n) is 17.4. The van der Waals surface area contributed by atoms with Crippen LogP contribution in [0.1, 0.15) is 17.5 Å². The van der Waals surface area contributed by atoms with Gasteiger partial charge in [0.05, 0.1) is 24.7 Å². The summed E-state index contributed by atoms with van der Waals surface area (Å²) in [5, 5.41) is 18.3. The highest BCUT2D eigenvalue weighted by Gasteiger charge is 2.13. The van der Waals surface area contributed by atoms with Crippen molar-refractivity contribution >= 4 is 28.6 Å². The van der Waals surface area contributed by atoms with Crippen LogP contribution in [0.5, 0.6) is 11.6 Å². The number of rotatable bonds is 9. The molecule has 0 spiro atoms. The normalized spacial score (nSPS) is 10.9. The van der Waals surface area contributed by atoms with E-state index in [1.807, 2.05) is 37.3 Å². The molecule has 0 bridgehead atoms. The van der Waals surface area contributed by atoms with Crippen LogP contribution >= 0.6 is 11.6 Å². The van der Waals surface area contributed by atoms with Crippen LogP contribution in [0.25, 0.3) is 16.7 Å². The monoisotopic (exact) mass is 452 g/mol.